The summed E-state index contributed by atoms with van der Waals surface area (Å²) in [5.74, 6) is -0.339. The van der Waals surface area contributed by atoms with E-state index in [-0.39, 0.29) is 5.97 Å². The highest BCUT2D eigenvalue weighted by Gasteiger charge is 2.51. The number of esters is 1. The lowest BCUT2D eigenvalue weighted by Crippen LogP contribution is -2.50. The maximum Gasteiger partial charge on any atom is 0.514 e. The van der Waals surface area contributed by atoms with Crippen LogP contribution >= 0.6 is 0 Å². The fraction of sp³-hybridized carbons (Fsp3) is 0.889. The molecule has 5 nitrogen and oxygen atoms in total. The molecule has 1 unspecified atom stereocenters. The van der Waals surface area contributed by atoms with Crippen LogP contribution in [0.2, 0.25) is 5.54 Å². The van der Waals surface area contributed by atoms with Crippen molar-refractivity contribution < 1.29 is 22.8 Å². The molecule has 0 aliphatic rings. The van der Waals surface area contributed by atoms with Gasteiger partial charge in [-0.1, -0.05) is 13.3 Å². The highest BCUT2D eigenvalue weighted by molar-refractivity contribution is 6.66. The minimum atomic E-state index is -2.93. The second-order valence-corrected chi connectivity index (χ2v) is 6.21. The molecule has 0 amide bonds. The molecular formula is C9H20O5Si. The minimum absolute atomic E-state index is 0.339. The standard InChI is InChI=1S/C9H20O5Si/c1-6-7-8(9(10)11-2)15(12-3,13-4)14-5/h8H,6-7H2,1-5H3. The van der Waals surface area contributed by atoms with Gasteiger partial charge in [-0.2, -0.15) is 0 Å². The van der Waals surface area contributed by atoms with Gasteiger partial charge in [0.25, 0.3) is 0 Å². The summed E-state index contributed by atoms with van der Waals surface area (Å²) < 4.78 is 20.5. The van der Waals surface area contributed by atoms with Crippen molar-refractivity contribution in [2.24, 2.45) is 0 Å². The molecule has 0 aromatic carbocycles. The number of hydrogen-bond acceptors (Lipinski definition) is 5. The van der Waals surface area contributed by atoms with Crippen molar-refractivity contribution in [3.63, 3.8) is 0 Å². The van der Waals surface area contributed by atoms with Gasteiger partial charge in [-0.15, -0.1) is 0 Å². The minimum Gasteiger partial charge on any atom is -0.469 e. The summed E-state index contributed by atoms with van der Waals surface area (Å²) in [5, 5.41) is 0. The van der Waals surface area contributed by atoms with Crippen molar-refractivity contribution in [1.82, 2.24) is 0 Å². The molecule has 0 N–H and O–H groups in total. The normalized spacial score (nSPS) is 13.7. The fourth-order valence-corrected chi connectivity index (χ4v) is 3.95. The summed E-state index contributed by atoms with van der Waals surface area (Å²) in [5.41, 5.74) is -0.451. The number of methoxy groups -OCH3 is 1. The molecule has 0 spiro atoms. The van der Waals surface area contributed by atoms with Crippen molar-refractivity contribution in [1.29, 1.82) is 0 Å². The average Bonchev–Trinajstić information content (AvgIpc) is 2.29. The molecule has 0 fully saturated rings. The third kappa shape index (κ3) is 3.27. The van der Waals surface area contributed by atoms with E-state index < -0.39 is 14.3 Å². The van der Waals surface area contributed by atoms with Gasteiger partial charge in [0, 0.05) is 21.3 Å². The first-order valence-electron chi connectivity index (χ1n) is 4.85. The smallest absolute Gasteiger partial charge is 0.469 e. The zero-order chi connectivity index (χ0) is 11.9. The number of ether oxygens (including phenoxy) is 1. The van der Waals surface area contributed by atoms with E-state index in [1.165, 1.54) is 28.4 Å². The number of hydrogen-bond donors (Lipinski definition) is 0. The third-order valence-corrected chi connectivity index (χ3v) is 5.43. The van der Waals surface area contributed by atoms with Gasteiger partial charge in [0.1, 0.15) is 5.54 Å². The maximum atomic E-state index is 11.6. The van der Waals surface area contributed by atoms with Gasteiger partial charge in [-0.25, -0.2) is 0 Å². The van der Waals surface area contributed by atoms with Crippen LogP contribution in [0.4, 0.5) is 0 Å². The number of carbonyl (C=O) groups excluding carboxylic acids is 1. The Hall–Kier alpha value is -0.433. The first kappa shape index (κ1) is 14.6. The maximum absolute atomic E-state index is 11.6. The lowest BCUT2D eigenvalue weighted by atomic mass is 10.2. The lowest BCUT2D eigenvalue weighted by molar-refractivity contribution is -0.142. The summed E-state index contributed by atoms with van der Waals surface area (Å²) in [4.78, 5) is 11.6. The molecule has 0 aliphatic carbocycles. The van der Waals surface area contributed by atoms with E-state index in [2.05, 4.69) is 0 Å². The first-order chi connectivity index (χ1) is 7.11. The topological polar surface area (TPSA) is 54.0 Å². The second kappa shape index (κ2) is 6.94. The summed E-state index contributed by atoms with van der Waals surface area (Å²) in [6.45, 7) is 1.98. The summed E-state index contributed by atoms with van der Waals surface area (Å²) >= 11 is 0. The molecule has 1 atom stereocenters. The highest BCUT2D eigenvalue weighted by atomic mass is 28.4. The van der Waals surface area contributed by atoms with Gasteiger partial charge in [0.2, 0.25) is 0 Å². The van der Waals surface area contributed by atoms with Gasteiger partial charge in [-0.05, 0) is 6.42 Å². The summed E-state index contributed by atoms with van der Waals surface area (Å²) in [6, 6.07) is 0. The van der Waals surface area contributed by atoms with Crippen molar-refractivity contribution in [3.8, 4) is 0 Å². The summed E-state index contributed by atoms with van der Waals surface area (Å²) in [6.07, 6.45) is 1.47. The van der Waals surface area contributed by atoms with Crippen LogP contribution in [-0.4, -0.2) is 43.2 Å². The molecule has 0 rings (SSSR count). The Morgan fingerprint density at radius 1 is 1.13 bits per heavy atom. The van der Waals surface area contributed by atoms with Crippen molar-refractivity contribution in [2.45, 2.75) is 25.3 Å². The van der Waals surface area contributed by atoms with Crippen LogP contribution in [0.1, 0.15) is 19.8 Å². The zero-order valence-electron chi connectivity index (χ0n) is 10.0. The predicted molar refractivity (Wildman–Crippen MR) is 57.5 cm³/mol. The van der Waals surface area contributed by atoms with Crippen LogP contribution in [0.25, 0.3) is 0 Å². The van der Waals surface area contributed by atoms with Gasteiger partial charge in [0.15, 0.2) is 0 Å². The predicted octanol–water partition coefficient (Wildman–Crippen LogP) is 1.21. The Balaban J connectivity index is 4.90. The number of carbonyl (C=O) groups is 1. The highest BCUT2D eigenvalue weighted by Crippen LogP contribution is 2.29. The molecule has 0 bridgehead atoms. The summed E-state index contributed by atoms with van der Waals surface area (Å²) in [7, 11) is 2.90. The van der Waals surface area contributed by atoms with Crippen LogP contribution in [0.5, 0.6) is 0 Å². The van der Waals surface area contributed by atoms with Crippen LogP contribution in [0.15, 0.2) is 0 Å². The molecule has 0 heterocycles. The molecule has 0 aromatic heterocycles. The van der Waals surface area contributed by atoms with E-state index in [1.54, 1.807) is 0 Å². The van der Waals surface area contributed by atoms with Crippen LogP contribution in [0.3, 0.4) is 0 Å². The van der Waals surface area contributed by atoms with Gasteiger partial charge >= 0.3 is 14.8 Å². The van der Waals surface area contributed by atoms with Gasteiger partial charge in [0.05, 0.1) is 7.11 Å². The lowest BCUT2D eigenvalue weighted by Gasteiger charge is -2.30. The number of rotatable bonds is 7. The Morgan fingerprint density at radius 2 is 1.60 bits per heavy atom. The molecule has 90 valence electrons. The fourth-order valence-electron chi connectivity index (χ4n) is 1.55. The molecule has 0 radical (unpaired) electrons. The van der Waals surface area contributed by atoms with Crippen LogP contribution in [-0.2, 0) is 22.8 Å². The molecular weight excluding hydrogens is 216 g/mol. The Morgan fingerprint density at radius 3 is 1.87 bits per heavy atom. The van der Waals surface area contributed by atoms with E-state index in [4.69, 9.17) is 18.0 Å². The monoisotopic (exact) mass is 236 g/mol. The van der Waals surface area contributed by atoms with Crippen molar-refractivity contribution in [3.05, 3.63) is 0 Å². The zero-order valence-corrected chi connectivity index (χ0v) is 11.0. The first-order valence-corrected chi connectivity index (χ1v) is 6.65. The molecule has 15 heavy (non-hydrogen) atoms. The van der Waals surface area contributed by atoms with E-state index in [1.807, 2.05) is 6.92 Å². The molecule has 0 aliphatic heterocycles. The van der Waals surface area contributed by atoms with E-state index in [0.29, 0.717) is 6.42 Å². The Bertz CT molecular complexity index is 185. The van der Waals surface area contributed by atoms with E-state index >= 15 is 0 Å². The Labute approximate surface area is 92.0 Å². The quantitative estimate of drug-likeness (QED) is 0.491. The second-order valence-electron chi connectivity index (χ2n) is 3.08. The average molecular weight is 236 g/mol. The van der Waals surface area contributed by atoms with E-state index in [0.717, 1.165) is 6.42 Å². The van der Waals surface area contributed by atoms with Crippen LogP contribution in [0, 0.1) is 0 Å². The van der Waals surface area contributed by atoms with Crippen molar-refractivity contribution >= 4 is 14.8 Å². The van der Waals surface area contributed by atoms with Gasteiger partial charge in [-0.3, -0.25) is 4.79 Å². The van der Waals surface area contributed by atoms with Crippen molar-refractivity contribution in [2.75, 3.05) is 28.4 Å². The third-order valence-electron chi connectivity index (χ3n) is 2.34. The molecule has 0 saturated heterocycles. The molecule has 0 saturated carbocycles. The largest absolute Gasteiger partial charge is 0.514 e. The van der Waals surface area contributed by atoms with Crippen LogP contribution < -0.4 is 0 Å². The SMILES string of the molecule is CCCC(C(=O)OC)[Si](OC)(OC)OC. The molecule has 0 aromatic rings. The molecule has 6 heteroatoms. The van der Waals surface area contributed by atoms with E-state index in [9.17, 15) is 4.79 Å². The van der Waals surface area contributed by atoms with Gasteiger partial charge < -0.3 is 18.0 Å². The Kier molecular flexibility index (Phi) is 6.74.